The number of carbonyl (C=O) groups excluding carboxylic acids is 2. The van der Waals surface area contributed by atoms with Gasteiger partial charge < -0.3 is 19.9 Å². The summed E-state index contributed by atoms with van der Waals surface area (Å²) < 4.78 is 5.61. The molecule has 1 aliphatic rings. The van der Waals surface area contributed by atoms with E-state index in [4.69, 9.17) is 4.74 Å². The van der Waals surface area contributed by atoms with Crippen LogP contribution in [0, 0.1) is 0 Å². The number of nitrogens with one attached hydrogen (secondary N) is 1. The number of nitrogens with zero attached hydrogens (tertiary/aromatic N) is 2. The van der Waals surface area contributed by atoms with E-state index in [1.165, 1.54) is 0 Å². The van der Waals surface area contributed by atoms with Crippen molar-refractivity contribution < 1.29 is 14.3 Å². The Morgan fingerprint density at radius 2 is 2.00 bits per heavy atom. The predicted molar refractivity (Wildman–Crippen MR) is 98.9 cm³/mol. The predicted octanol–water partition coefficient (Wildman–Crippen LogP) is 2.04. The zero-order valence-corrected chi connectivity index (χ0v) is 15.5. The first kappa shape index (κ1) is 19.2. The third kappa shape index (κ3) is 5.19. The Morgan fingerprint density at radius 3 is 2.72 bits per heavy atom. The van der Waals surface area contributed by atoms with Crippen molar-refractivity contribution >= 4 is 17.5 Å². The lowest BCUT2D eigenvalue weighted by Gasteiger charge is -2.32. The van der Waals surface area contributed by atoms with Crippen molar-refractivity contribution in [3.05, 3.63) is 24.3 Å². The van der Waals surface area contributed by atoms with Gasteiger partial charge in [-0.2, -0.15) is 0 Å². The average molecular weight is 347 g/mol. The molecule has 0 aromatic heterocycles. The third-order valence-corrected chi connectivity index (χ3v) is 4.50. The molecule has 1 aliphatic heterocycles. The Labute approximate surface area is 150 Å². The number of anilines is 1. The fraction of sp³-hybridized carbons (Fsp3) is 0.579. The molecule has 1 N–H and O–H groups in total. The zero-order valence-electron chi connectivity index (χ0n) is 15.5. The number of ether oxygens (including phenoxy) is 1. The Morgan fingerprint density at radius 1 is 1.28 bits per heavy atom. The molecule has 1 aromatic rings. The number of rotatable bonds is 9. The molecule has 25 heavy (non-hydrogen) atoms. The maximum Gasteiger partial charge on any atom is 0.267 e. The van der Waals surface area contributed by atoms with Gasteiger partial charge in [-0.25, -0.2) is 0 Å². The molecule has 1 unspecified atom stereocenters. The Bertz CT molecular complexity index is 587. The molecular weight excluding hydrogens is 318 g/mol. The van der Waals surface area contributed by atoms with Crippen molar-refractivity contribution in [1.82, 2.24) is 10.2 Å². The van der Waals surface area contributed by atoms with Crippen LogP contribution in [0.1, 0.15) is 33.6 Å². The number of para-hydroxylation sites is 2. The van der Waals surface area contributed by atoms with Gasteiger partial charge in [0.25, 0.3) is 5.91 Å². The van der Waals surface area contributed by atoms with Gasteiger partial charge in [0.1, 0.15) is 5.75 Å². The SMILES string of the molecule is CCN(CC)CCCNC(=O)CCN1C(=O)C(C)Oc2ccccc21. The lowest BCUT2D eigenvalue weighted by molar-refractivity contribution is -0.125. The summed E-state index contributed by atoms with van der Waals surface area (Å²) >= 11 is 0. The van der Waals surface area contributed by atoms with Gasteiger partial charge in [-0.05, 0) is 45.1 Å². The first-order valence-electron chi connectivity index (χ1n) is 9.12. The van der Waals surface area contributed by atoms with Gasteiger partial charge in [0, 0.05) is 19.5 Å². The Balaban J connectivity index is 1.80. The van der Waals surface area contributed by atoms with Crippen LogP contribution in [0.25, 0.3) is 0 Å². The lowest BCUT2D eigenvalue weighted by atomic mass is 10.1. The Kier molecular flexibility index (Phi) is 7.25. The minimum atomic E-state index is -0.521. The normalized spacial score (nSPS) is 16.6. The van der Waals surface area contributed by atoms with Crippen molar-refractivity contribution in [2.24, 2.45) is 0 Å². The summed E-state index contributed by atoms with van der Waals surface area (Å²) in [5.74, 6) is 0.561. The van der Waals surface area contributed by atoms with Crippen LogP contribution in [0.3, 0.4) is 0 Å². The fourth-order valence-electron chi connectivity index (χ4n) is 2.96. The van der Waals surface area contributed by atoms with E-state index in [-0.39, 0.29) is 18.2 Å². The molecule has 0 fully saturated rings. The highest BCUT2D eigenvalue weighted by Crippen LogP contribution is 2.33. The fourth-order valence-corrected chi connectivity index (χ4v) is 2.96. The highest BCUT2D eigenvalue weighted by Gasteiger charge is 2.31. The molecule has 6 nitrogen and oxygen atoms in total. The standard InChI is InChI=1S/C19H29N3O3/c1-4-21(5-2)13-8-12-20-18(23)11-14-22-16-9-6-7-10-17(16)25-15(3)19(22)24/h6-7,9-10,15H,4-5,8,11-14H2,1-3H3,(H,20,23). The van der Waals surface area contributed by atoms with Gasteiger partial charge in [-0.1, -0.05) is 26.0 Å². The molecule has 0 saturated carbocycles. The monoisotopic (exact) mass is 347 g/mol. The van der Waals surface area contributed by atoms with E-state index < -0.39 is 6.10 Å². The number of hydrogen-bond donors (Lipinski definition) is 1. The summed E-state index contributed by atoms with van der Waals surface area (Å²) in [5, 5.41) is 2.94. The summed E-state index contributed by atoms with van der Waals surface area (Å²) in [6, 6.07) is 7.44. The molecule has 1 aromatic carbocycles. The number of amides is 2. The van der Waals surface area contributed by atoms with E-state index in [9.17, 15) is 9.59 Å². The molecule has 0 saturated heterocycles. The molecule has 138 valence electrons. The van der Waals surface area contributed by atoms with Gasteiger partial charge in [0.15, 0.2) is 6.10 Å². The molecule has 0 spiro atoms. The molecular formula is C19H29N3O3. The second kappa shape index (κ2) is 9.42. The Hall–Kier alpha value is -2.08. The molecule has 2 rings (SSSR count). The van der Waals surface area contributed by atoms with Gasteiger partial charge in [-0.3, -0.25) is 9.59 Å². The third-order valence-electron chi connectivity index (χ3n) is 4.50. The number of fused-ring (bicyclic) bond motifs is 1. The van der Waals surface area contributed by atoms with E-state index in [0.717, 1.165) is 31.7 Å². The average Bonchev–Trinajstić information content (AvgIpc) is 2.62. The molecule has 0 aliphatic carbocycles. The van der Waals surface area contributed by atoms with Crippen LogP contribution in [-0.2, 0) is 9.59 Å². The quantitative estimate of drug-likeness (QED) is 0.695. The highest BCUT2D eigenvalue weighted by molar-refractivity contribution is 6.00. The van der Waals surface area contributed by atoms with Gasteiger partial charge in [0.2, 0.25) is 5.91 Å². The minimum absolute atomic E-state index is 0.0241. The van der Waals surface area contributed by atoms with Crippen molar-refractivity contribution in [2.45, 2.75) is 39.7 Å². The van der Waals surface area contributed by atoms with Gasteiger partial charge >= 0.3 is 0 Å². The van der Waals surface area contributed by atoms with Crippen molar-refractivity contribution in [3.8, 4) is 5.75 Å². The van der Waals surface area contributed by atoms with Crippen molar-refractivity contribution in [3.63, 3.8) is 0 Å². The maximum absolute atomic E-state index is 12.4. The second-order valence-corrected chi connectivity index (χ2v) is 6.20. The summed E-state index contributed by atoms with van der Waals surface area (Å²) in [6.07, 6.45) is 0.703. The van der Waals surface area contributed by atoms with Crippen molar-refractivity contribution in [2.75, 3.05) is 37.6 Å². The molecule has 1 atom stereocenters. The van der Waals surface area contributed by atoms with Crippen LogP contribution in [0.2, 0.25) is 0 Å². The van der Waals surface area contributed by atoms with E-state index in [1.807, 2.05) is 24.3 Å². The smallest absolute Gasteiger partial charge is 0.267 e. The molecule has 6 heteroatoms. The summed E-state index contributed by atoms with van der Waals surface area (Å²) in [6.45, 7) is 10.1. The number of benzene rings is 1. The molecule has 2 amide bonds. The molecule has 0 radical (unpaired) electrons. The van der Waals surface area contributed by atoms with Crippen LogP contribution in [0.5, 0.6) is 5.75 Å². The van der Waals surface area contributed by atoms with E-state index >= 15 is 0 Å². The lowest BCUT2D eigenvalue weighted by Crippen LogP contribution is -2.45. The first-order valence-corrected chi connectivity index (χ1v) is 9.12. The largest absolute Gasteiger partial charge is 0.479 e. The number of hydrogen-bond acceptors (Lipinski definition) is 4. The van der Waals surface area contributed by atoms with E-state index in [0.29, 0.717) is 18.8 Å². The van der Waals surface area contributed by atoms with Crippen LogP contribution >= 0.6 is 0 Å². The van der Waals surface area contributed by atoms with E-state index in [2.05, 4.69) is 24.1 Å². The molecule has 0 bridgehead atoms. The first-order chi connectivity index (χ1) is 12.1. The van der Waals surface area contributed by atoms with Crippen LogP contribution in [0.4, 0.5) is 5.69 Å². The maximum atomic E-state index is 12.4. The highest BCUT2D eigenvalue weighted by atomic mass is 16.5. The van der Waals surface area contributed by atoms with Crippen LogP contribution in [0.15, 0.2) is 24.3 Å². The van der Waals surface area contributed by atoms with Gasteiger partial charge in [-0.15, -0.1) is 0 Å². The molecule has 1 heterocycles. The van der Waals surface area contributed by atoms with Crippen molar-refractivity contribution in [1.29, 1.82) is 0 Å². The summed E-state index contributed by atoms with van der Waals surface area (Å²) in [5.41, 5.74) is 0.736. The second-order valence-electron chi connectivity index (χ2n) is 6.20. The van der Waals surface area contributed by atoms with Gasteiger partial charge in [0.05, 0.1) is 5.69 Å². The summed E-state index contributed by atoms with van der Waals surface area (Å²) in [7, 11) is 0. The minimum Gasteiger partial charge on any atom is -0.479 e. The zero-order chi connectivity index (χ0) is 18.2. The van der Waals surface area contributed by atoms with Crippen LogP contribution < -0.4 is 15.0 Å². The summed E-state index contributed by atoms with van der Waals surface area (Å²) in [4.78, 5) is 28.4. The number of carbonyl (C=O) groups is 2. The van der Waals surface area contributed by atoms with Crippen LogP contribution in [-0.4, -0.2) is 55.5 Å². The van der Waals surface area contributed by atoms with E-state index in [1.54, 1.807) is 11.8 Å². The topological polar surface area (TPSA) is 61.9 Å².